The molecule has 8 nitrogen and oxygen atoms in total. The summed E-state index contributed by atoms with van der Waals surface area (Å²) in [6.07, 6.45) is 2.56. The number of hydrogen-bond acceptors (Lipinski definition) is 6. The van der Waals surface area contributed by atoms with Crippen molar-refractivity contribution in [3.63, 3.8) is 0 Å². The second kappa shape index (κ2) is 9.32. The summed E-state index contributed by atoms with van der Waals surface area (Å²) in [6, 6.07) is 15.4. The summed E-state index contributed by atoms with van der Waals surface area (Å²) >= 11 is 0. The molecule has 5 rings (SSSR count). The maximum Gasteiger partial charge on any atom is 0.365 e. The van der Waals surface area contributed by atoms with E-state index in [2.05, 4.69) is 14.9 Å². The van der Waals surface area contributed by atoms with Gasteiger partial charge in [-0.2, -0.15) is 0 Å². The van der Waals surface area contributed by atoms with Gasteiger partial charge in [-0.1, -0.05) is 24.3 Å². The summed E-state index contributed by atoms with van der Waals surface area (Å²) in [7, 11) is 0. The van der Waals surface area contributed by atoms with Crippen LogP contribution in [0.3, 0.4) is 0 Å². The van der Waals surface area contributed by atoms with Gasteiger partial charge < -0.3 is 25.0 Å². The van der Waals surface area contributed by atoms with Crippen molar-refractivity contribution in [1.29, 1.82) is 0 Å². The lowest BCUT2D eigenvalue weighted by atomic mass is 10.1. The van der Waals surface area contributed by atoms with E-state index in [1.165, 1.54) is 0 Å². The SMILES string of the molecule is Cl.NC(=Nc1ccccc1)N1CCN(/C=C2/N=C(c3cccc4c3CCO4)OC2=O)CC1. The van der Waals surface area contributed by atoms with Gasteiger partial charge in [0.15, 0.2) is 11.7 Å². The first kappa shape index (κ1) is 21.7. The molecule has 0 aliphatic carbocycles. The number of benzene rings is 2. The van der Waals surface area contributed by atoms with E-state index in [0.29, 0.717) is 50.3 Å². The molecule has 0 atom stereocenters. The summed E-state index contributed by atoms with van der Waals surface area (Å²) in [5.41, 5.74) is 9.18. The monoisotopic (exact) mass is 453 g/mol. The zero-order valence-corrected chi connectivity index (χ0v) is 18.3. The number of nitrogens with two attached hydrogens (primary N) is 1. The lowest BCUT2D eigenvalue weighted by Gasteiger charge is -2.34. The first-order valence-electron chi connectivity index (χ1n) is 10.3. The lowest BCUT2D eigenvalue weighted by molar-refractivity contribution is -0.130. The summed E-state index contributed by atoms with van der Waals surface area (Å²) < 4.78 is 11.1. The number of guanidine groups is 1. The molecule has 3 aliphatic heterocycles. The third kappa shape index (κ3) is 4.40. The Morgan fingerprint density at radius 2 is 1.84 bits per heavy atom. The van der Waals surface area contributed by atoms with Gasteiger partial charge in [0, 0.05) is 49.9 Å². The Morgan fingerprint density at radius 1 is 1.06 bits per heavy atom. The first-order chi connectivity index (χ1) is 15.2. The summed E-state index contributed by atoms with van der Waals surface area (Å²) in [6.45, 7) is 3.47. The molecule has 9 heteroatoms. The molecule has 0 aromatic heterocycles. The molecule has 0 radical (unpaired) electrons. The van der Waals surface area contributed by atoms with E-state index in [1.807, 2.05) is 53.4 Å². The zero-order chi connectivity index (χ0) is 21.2. The van der Waals surface area contributed by atoms with Crippen LogP contribution in [0, 0.1) is 0 Å². The van der Waals surface area contributed by atoms with Gasteiger partial charge in [0.2, 0.25) is 5.90 Å². The molecule has 1 saturated heterocycles. The Hall–Kier alpha value is -3.52. The summed E-state index contributed by atoms with van der Waals surface area (Å²) in [5, 5.41) is 0. The van der Waals surface area contributed by atoms with E-state index < -0.39 is 5.97 Å². The van der Waals surface area contributed by atoms with Gasteiger partial charge in [-0.05, 0) is 24.3 Å². The number of para-hydroxylation sites is 1. The van der Waals surface area contributed by atoms with Gasteiger partial charge in [0.1, 0.15) is 5.75 Å². The summed E-state index contributed by atoms with van der Waals surface area (Å²) in [5.74, 6) is 1.24. The Morgan fingerprint density at radius 3 is 2.62 bits per heavy atom. The van der Waals surface area contributed by atoms with Crippen molar-refractivity contribution in [1.82, 2.24) is 9.80 Å². The van der Waals surface area contributed by atoms with E-state index in [4.69, 9.17) is 15.2 Å². The van der Waals surface area contributed by atoms with E-state index in [9.17, 15) is 4.79 Å². The molecule has 0 spiro atoms. The minimum Gasteiger partial charge on any atom is -0.493 e. The van der Waals surface area contributed by atoms with Crippen LogP contribution >= 0.6 is 12.4 Å². The van der Waals surface area contributed by atoms with Crippen molar-refractivity contribution in [3.8, 4) is 5.75 Å². The zero-order valence-electron chi connectivity index (χ0n) is 17.4. The topological polar surface area (TPSA) is 92.8 Å². The second-order valence-corrected chi connectivity index (χ2v) is 7.53. The van der Waals surface area contributed by atoms with Crippen LogP contribution in [0.4, 0.5) is 5.69 Å². The van der Waals surface area contributed by atoms with Crippen LogP contribution < -0.4 is 10.5 Å². The fourth-order valence-electron chi connectivity index (χ4n) is 3.90. The van der Waals surface area contributed by atoms with Crippen molar-refractivity contribution in [2.75, 3.05) is 32.8 Å². The molecular formula is C23H24ClN5O3. The molecule has 32 heavy (non-hydrogen) atoms. The number of esters is 1. The van der Waals surface area contributed by atoms with Crippen LogP contribution in [-0.2, 0) is 16.0 Å². The smallest absolute Gasteiger partial charge is 0.365 e. The van der Waals surface area contributed by atoms with E-state index in [-0.39, 0.29) is 12.4 Å². The number of piperazine rings is 1. The average molecular weight is 454 g/mol. The highest BCUT2D eigenvalue weighted by molar-refractivity contribution is 6.11. The van der Waals surface area contributed by atoms with Crippen LogP contribution in [0.25, 0.3) is 0 Å². The molecule has 2 aromatic carbocycles. The number of ether oxygens (including phenoxy) is 2. The first-order valence-corrected chi connectivity index (χ1v) is 10.3. The summed E-state index contributed by atoms with van der Waals surface area (Å²) in [4.78, 5) is 25.4. The van der Waals surface area contributed by atoms with Crippen molar-refractivity contribution in [2.45, 2.75) is 6.42 Å². The van der Waals surface area contributed by atoms with Crippen LogP contribution in [0.15, 0.2) is 70.4 Å². The molecule has 166 valence electrons. The number of fused-ring (bicyclic) bond motifs is 1. The number of halogens is 1. The van der Waals surface area contributed by atoms with Crippen LogP contribution in [-0.4, -0.2) is 60.4 Å². The molecule has 2 aromatic rings. The highest BCUT2D eigenvalue weighted by Crippen LogP contribution is 2.30. The number of cyclic esters (lactones) is 1. The van der Waals surface area contributed by atoms with Gasteiger partial charge in [-0.25, -0.2) is 14.8 Å². The average Bonchev–Trinajstić information content (AvgIpc) is 3.41. The van der Waals surface area contributed by atoms with Crippen LogP contribution in [0.1, 0.15) is 11.1 Å². The Labute approximate surface area is 192 Å². The fourth-order valence-corrected chi connectivity index (χ4v) is 3.90. The Bertz CT molecular complexity index is 1090. The quantitative estimate of drug-likeness (QED) is 0.332. The molecule has 0 saturated carbocycles. The molecule has 2 N–H and O–H groups in total. The third-order valence-corrected chi connectivity index (χ3v) is 5.54. The largest absolute Gasteiger partial charge is 0.493 e. The second-order valence-electron chi connectivity index (χ2n) is 7.53. The van der Waals surface area contributed by atoms with Gasteiger partial charge in [0.05, 0.1) is 12.3 Å². The Kier molecular flexibility index (Phi) is 6.32. The number of carbonyl (C=O) groups is 1. The molecule has 0 bridgehead atoms. The predicted molar refractivity (Wildman–Crippen MR) is 124 cm³/mol. The number of hydrogen-bond donors (Lipinski definition) is 1. The molecule has 0 unspecified atom stereocenters. The number of rotatable bonds is 3. The van der Waals surface area contributed by atoms with E-state index in [1.54, 1.807) is 6.20 Å². The maximum atomic E-state index is 12.4. The Balaban J connectivity index is 0.00000245. The molecule has 3 heterocycles. The van der Waals surface area contributed by atoms with Gasteiger partial charge in [-0.3, -0.25) is 0 Å². The lowest BCUT2D eigenvalue weighted by Crippen LogP contribution is -2.49. The van der Waals surface area contributed by atoms with Gasteiger partial charge in [-0.15, -0.1) is 12.4 Å². The minimum absolute atomic E-state index is 0. The highest BCUT2D eigenvalue weighted by Gasteiger charge is 2.29. The molecule has 0 amide bonds. The van der Waals surface area contributed by atoms with Gasteiger partial charge in [0.25, 0.3) is 0 Å². The maximum absolute atomic E-state index is 12.4. The minimum atomic E-state index is -0.431. The predicted octanol–water partition coefficient (Wildman–Crippen LogP) is 2.45. The van der Waals surface area contributed by atoms with E-state index >= 15 is 0 Å². The van der Waals surface area contributed by atoms with Gasteiger partial charge >= 0.3 is 5.97 Å². The van der Waals surface area contributed by atoms with Crippen molar-refractivity contribution in [3.05, 3.63) is 71.6 Å². The number of carbonyl (C=O) groups excluding carboxylic acids is 1. The highest BCUT2D eigenvalue weighted by atomic mass is 35.5. The molecular weight excluding hydrogens is 430 g/mol. The van der Waals surface area contributed by atoms with Crippen molar-refractivity contribution < 1.29 is 14.3 Å². The third-order valence-electron chi connectivity index (χ3n) is 5.54. The van der Waals surface area contributed by atoms with Crippen molar-refractivity contribution >= 4 is 35.9 Å². The van der Waals surface area contributed by atoms with E-state index in [0.717, 1.165) is 29.0 Å². The number of nitrogens with zero attached hydrogens (tertiary/aromatic N) is 4. The van der Waals surface area contributed by atoms with Crippen LogP contribution in [0.2, 0.25) is 0 Å². The van der Waals surface area contributed by atoms with Crippen molar-refractivity contribution in [2.24, 2.45) is 15.7 Å². The normalized spacial score (nSPS) is 19.2. The molecule has 3 aliphatic rings. The fraction of sp³-hybridized carbons (Fsp3) is 0.261. The van der Waals surface area contributed by atoms with Crippen LogP contribution in [0.5, 0.6) is 5.75 Å². The molecule has 1 fully saturated rings. The standard InChI is InChI=1S/C23H23N5O3.ClH/c24-23(25-16-5-2-1-3-6-16)28-12-10-27(11-13-28)15-19-22(29)31-21(26-19)18-7-4-8-20-17(18)9-14-30-20;/h1-8,15H,9-14H2,(H2,24,25);1H/b19-15+;. The number of aliphatic imine (C=N–C) groups is 2.